The summed E-state index contributed by atoms with van der Waals surface area (Å²) >= 11 is 0. The smallest absolute Gasteiger partial charge is 0.238 e. The number of rotatable bonds is 12. The van der Waals surface area contributed by atoms with Crippen molar-refractivity contribution >= 4 is 10.0 Å². The van der Waals surface area contributed by atoms with E-state index in [1.54, 1.807) is 12.1 Å². The molecule has 0 aliphatic rings. The zero-order chi connectivity index (χ0) is 28.7. The molecule has 0 atom stereocenters. The van der Waals surface area contributed by atoms with Crippen LogP contribution in [0, 0.1) is 0 Å². The van der Waals surface area contributed by atoms with Gasteiger partial charge in [-0.05, 0) is 29.7 Å². The summed E-state index contributed by atoms with van der Waals surface area (Å²) in [5, 5.41) is 5.34. The molecule has 0 unspecified atom stereocenters. The van der Waals surface area contributed by atoms with Crippen molar-refractivity contribution in [1.29, 1.82) is 0 Å². The molecule has 0 spiro atoms. The van der Waals surface area contributed by atoms with Crippen molar-refractivity contribution in [3.05, 3.63) is 132 Å². The monoisotopic (exact) mass is 564 g/mol. The van der Waals surface area contributed by atoms with Gasteiger partial charge in [0.2, 0.25) is 10.0 Å². The van der Waals surface area contributed by atoms with Gasteiger partial charge in [0, 0.05) is 37.3 Å². The number of nitrogens with two attached hydrogens (primary N) is 1. The highest BCUT2D eigenvalue weighted by atomic mass is 32.2. The second-order valence-electron chi connectivity index (χ2n) is 10.3. The van der Waals surface area contributed by atoms with E-state index >= 15 is 0 Å². The molecular weight excluding hydrogens is 528 g/mol. The van der Waals surface area contributed by atoms with E-state index in [0.717, 1.165) is 54.1 Å². The molecule has 1 heterocycles. The normalized spacial score (nSPS) is 11.7. The quantitative estimate of drug-likeness (QED) is 0.179. The predicted molar refractivity (Wildman–Crippen MR) is 165 cm³/mol. The van der Waals surface area contributed by atoms with Crippen LogP contribution in [-0.4, -0.2) is 22.9 Å². The van der Waals surface area contributed by atoms with Gasteiger partial charge < -0.3 is 4.57 Å². The number of hydrogen-bond acceptors (Lipinski definition) is 4. The molecule has 0 saturated carbocycles. The lowest BCUT2D eigenvalue weighted by Crippen LogP contribution is -2.24. The molecule has 41 heavy (non-hydrogen) atoms. The molecule has 7 heteroatoms. The molecule has 0 aliphatic heterocycles. The third-order valence-corrected chi connectivity index (χ3v) is 8.10. The fourth-order valence-corrected chi connectivity index (χ4v) is 5.62. The summed E-state index contributed by atoms with van der Waals surface area (Å²) < 4.78 is 26.0. The maximum absolute atomic E-state index is 11.8. The molecule has 0 saturated heterocycles. The molecule has 0 fully saturated rings. The molecule has 2 N–H and O–H groups in total. The third kappa shape index (κ3) is 7.19. The van der Waals surface area contributed by atoms with Crippen LogP contribution in [-0.2, 0) is 36.2 Å². The van der Waals surface area contributed by atoms with Crippen molar-refractivity contribution < 1.29 is 8.42 Å². The Morgan fingerprint density at radius 3 is 1.80 bits per heavy atom. The lowest BCUT2D eigenvalue weighted by Gasteiger charge is -2.25. The lowest BCUT2D eigenvalue weighted by molar-refractivity contribution is 0.241. The Balaban J connectivity index is 1.59. The SMILES string of the molecule is CCCCn1c(-c2ccccc2)nc(-c2ccccc2)c1CN(Cc1ccccc1)Cc1ccc(S(N)(=O)=O)cc1. The van der Waals surface area contributed by atoms with Gasteiger partial charge in [-0.3, -0.25) is 4.90 Å². The van der Waals surface area contributed by atoms with Crippen molar-refractivity contribution in [3.63, 3.8) is 0 Å². The maximum Gasteiger partial charge on any atom is 0.238 e. The van der Waals surface area contributed by atoms with Crippen molar-refractivity contribution in [2.75, 3.05) is 0 Å². The van der Waals surface area contributed by atoms with Gasteiger partial charge in [0.25, 0.3) is 0 Å². The van der Waals surface area contributed by atoms with Crippen molar-refractivity contribution in [2.24, 2.45) is 5.14 Å². The fraction of sp³-hybridized carbons (Fsp3) is 0.206. The van der Waals surface area contributed by atoms with Gasteiger partial charge >= 0.3 is 0 Å². The first-order valence-corrected chi connectivity index (χ1v) is 15.6. The van der Waals surface area contributed by atoms with Crippen LogP contribution in [0.2, 0.25) is 0 Å². The lowest BCUT2D eigenvalue weighted by atomic mass is 10.1. The maximum atomic E-state index is 11.8. The molecule has 4 aromatic carbocycles. The van der Waals surface area contributed by atoms with E-state index < -0.39 is 10.0 Å². The largest absolute Gasteiger partial charge is 0.326 e. The average molecular weight is 565 g/mol. The zero-order valence-corrected chi connectivity index (χ0v) is 24.2. The van der Waals surface area contributed by atoms with Crippen LogP contribution in [0.4, 0.5) is 0 Å². The highest BCUT2D eigenvalue weighted by Gasteiger charge is 2.22. The Hall–Kier alpha value is -4.04. The van der Waals surface area contributed by atoms with Crippen LogP contribution in [0.25, 0.3) is 22.6 Å². The van der Waals surface area contributed by atoms with E-state index in [-0.39, 0.29) is 4.90 Å². The Morgan fingerprint density at radius 1 is 0.707 bits per heavy atom. The van der Waals surface area contributed by atoms with Gasteiger partial charge in [0.05, 0.1) is 16.3 Å². The number of imidazole rings is 1. The van der Waals surface area contributed by atoms with E-state index in [4.69, 9.17) is 10.1 Å². The van der Waals surface area contributed by atoms with E-state index in [1.807, 2.05) is 30.3 Å². The molecule has 5 rings (SSSR count). The third-order valence-electron chi connectivity index (χ3n) is 7.17. The topological polar surface area (TPSA) is 81.2 Å². The summed E-state index contributed by atoms with van der Waals surface area (Å²) in [6.07, 6.45) is 2.13. The standard InChI is InChI=1S/C34H36N4O2S/c1-2-3-23-38-32(33(29-15-9-5-10-16-29)36-34(38)30-17-11-6-12-18-30)26-37(24-27-13-7-4-8-14-27)25-28-19-21-31(22-20-28)41(35,39)40/h4-22H,2-3,23-26H2,1H3,(H2,35,39,40). The summed E-state index contributed by atoms with van der Waals surface area (Å²) in [5.74, 6) is 0.977. The first-order valence-electron chi connectivity index (χ1n) is 14.0. The Labute approximate surface area is 243 Å². The second-order valence-corrected chi connectivity index (χ2v) is 11.8. The number of nitrogens with zero attached hydrogens (tertiary/aromatic N) is 3. The fourth-order valence-electron chi connectivity index (χ4n) is 5.10. The minimum absolute atomic E-state index is 0.118. The molecule has 210 valence electrons. The summed E-state index contributed by atoms with van der Waals surface area (Å²) in [4.78, 5) is 7.77. The highest BCUT2D eigenvalue weighted by molar-refractivity contribution is 7.89. The van der Waals surface area contributed by atoms with Gasteiger partial charge in [-0.1, -0.05) is 116 Å². The van der Waals surface area contributed by atoms with Crippen LogP contribution in [0.15, 0.2) is 120 Å². The van der Waals surface area contributed by atoms with Crippen molar-refractivity contribution in [2.45, 2.75) is 50.8 Å². The number of hydrogen-bond donors (Lipinski definition) is 1. The molecule has 1 aromatic heterocycles. The number of aromatic nitrogens is 2. The number of sulfonamides is 1. The minimum atomic E-state index is -3.74. The van der Waals surface area contributed by atoms with Gasteiger partial charge in [-0.25, -0.2) is 18.5 Å². The highest BCUT2D eigenvalue weighted by Crippen LogP contribution is 2.32. The Kier molecular flexibility index (Phi) is 9.09. The van der Waals surface area contributed by atoms with Gasteiger partial charge in [0.1, 0.15) is 5.82 Å². The van der Waals surface area contributed by atoms with Crippen LogP contribution in [0.1, 0.15) is 36.6 Å². The molecular formula is C34H36N4O2S. The first kappa shape index (κ1) is 28.5. The molecule has 0 radical (unpaired) electrons. The predicted octanol–water partition coefficient (Wildman–Crippen LogP) is 6.87. The number of primary sulfonamides is 1. The number of unbranched alkanes of at least 4 members (excludes halogenated alkanes) is 1. The summed E-state index contributed by atoms with van der Waals surface area (Å²) in [5.41, 5.74) is 6.56. The molecule has 0 amide bonds. The summed E-state index contributed by atoms with van der Waals surface area (Å²) in [6, 6.07) is 38.1. The van der Waals surface area contributed by atoms with Crippen LogP contribution in [0.3, 0.4) is 0 Å². The number of benzene rings is 4. The average Bonchev–Trinajstić information content (AvgIpc) is 3.35. The molecule has 5 aromatic rings. The first-order chi connectivity index (χ1) is 19.9. The van der Waals surface area contributed by atoms with Crippen LogP contribution in [0.5, 0.6) is 0 Å². The molecule has 0 aliphatic carbocycles. The van der Waals surface area contributed by atoms with E-state index in [9.17, 15) is 8.42 Å². The second kappa shape index (κ2) is 13.1. The van der Waals surface area contributed by atoms with E-state index in [1.165, 1.54) is 11.3 Å². The van der Waals surface area contributed by atoms with Crippen LogP contribution >= 0.6 is 0 Å². The summed E-state index contributed by atoms with van der Waals surface area (Å²) in [6.45, 7) is 5.11. The summed E-state index contributed by atoms with van der Waals surface area (Å²) in [7, 11) is -3.74. The van der Waals surface area contributed by atoms with Gasteiger partial charge in [0.15, 0.2) is 0 Å². The molecule has 6 nitrogen and oxygen atoms in total. The van der Waals surface area contributed by atoms with E-state index in [0.29, 0.717) is 13.1 Å². The molecule has 0 bridgehead atoms. The Bertz CT molecular complexity index is 1650. The Morgan fingerprint density at radius 2 is 1.24 bits per heavy atom. The van der Waals surface area contributed by atoms with Crippen molar-refractivity contribution in [1.82, 2.24) is 14.5 Å². The van der Waals surface area contributed by atoms with E-state index in [2.05, 4.69) is 89.2 Å². The van der Waals surface area contributed by atoms with Gasteiger partial charge in [-0.15, -0.1) is 0 Å². The zero-order valence-electron chi connectivity index (χ0n) is 23.4. The van der Waals surface area contributed by atoms with Crippen LogP contribution < -0.4 is 5.14 Å². The van der Waals surface area contributed by atoms with Crippen molar-refractivity contribution in [3.8, 4) is 22.6 Å². The van der Waals surface area contributed by atoms with Gasteiger partial charge in [-0.2, -0.15) is 0 Å². The minimum Gasteiger partial charge on any atom is -0.326 e.